The van der Waals surface area contributed by atoms with Crippen molar-refractivity contribution >= 4 is 44.8 Å². The Balaban J connectivity index is 0.000000149. The molecule has 1 saturated heterocycles. The van der Waals surface area contributed by atoms with Gasteiger partial charge in [-0.05, 0) is 135 Å². The number of nitrogens with zero attached hydrogens (tertiary/aromatic N) is 4. The quantitative estimate of drug-likeness (QED) is 0.145. The first kappa shape index (κ1) is 37.0. The van der Waals surface area contributed by atoms with Crippen molar-refractivity contribution in [1.82, 2.24) is 9.97 Å². The first-order valence-electron chi connectivity index (χ1n) is 20.1. The van der Waals surface area contributed by atoms with Crippen LogP contribution >= 0.6 is 11.6 Å². The van der Waals surface area contributed by atoms with Crippen LogP contribution in [-0.2, 0) is 24.0 Å². The lowest BCUT2D eigenvalue weighted by atomic mass is 10.1. The number of benzene rings is 5. The second-order valence-corrected chi connectivity index (χ2v) is 15.6. The van der Waals surface area contributed by atoms with Gasteiger partial charge in [0.15, 0.2) is 0 Å². The van der Waals surface area contributed by atoms with Crippen LogP contribution < -0.4 is 19.3 Å². The van der Waals surface area contributed by atoms with E-state index in [1.165, 1.54) is 39.9 Å². The smallest absolute Gasteiger partial charge is 0.128 e. The summed E-state index contributed by atoms with van der Waals surface area (Å²) in [5, 5.41) is 3.13. The summed E-state index contributed by atoms with van der Waals surface area (Å²) in [5.74, 6) is 3.38. The zero-order valence-corrected chi connectivity index (χ0v) is 33.3. The Hall–Kier alpha value is -5.63. The highest BCUT2D eigenvalue weighted by Crippen LogP contribution is 2.41. The molecule has 0 amide bonds. The molecule has 288 valence electrons. The van der Waals surface area contributed by atoms with Gasteiger partial charge < -0.3 is 24.0 Å². The standard InChI is InChI=1S/C26H23ClN2O.C23H24N2O2/c1-18-23-14-16-29(15-13-19-7-9-20(27)10-8-19)26(23)24-17-22(11-12-25(24)28-18)30-21-5-3-2-4-6-21;1-16-20-11-12-25(15-19-8-5-13-26-19)23(20)21-14-18(9-10-22(21)24-16)27-17-6-3-2-4-7-17/h2-12,17H,13-16H2,1H3;2-4,6-7,9-10,14,19H,5,8,11-13,15H2,1H3. The van der Waals surface area contributed by atoms with Crippen LogP contribution in [0.5, 0.6) is 23.0 Å². The molecule has 5 aromatic carbocycles. The van der Waals surface area contributed by atoms with Crippen LogP contribution in [0.2, 0.25) is 5.02 Å². The molecule has 1 fully saturated rings. The molecule has 1 unspecified atom stereocenters. The van der Waals surface area contributed by atoms with Gasteiger partial charge in [-0.2, -0.15) is 0 Å². The first-order valence-corrected chi connectivity index (χ1v) is 20.5. The zero-order chi connectivity index (χ0) is 38.7. The summed E-state index contributed by atoms with van der Waals surface area (Å²) >= 11 is 6.03. The van der Waals surface area contributed by atoms with E-state index in [1.807, 2.05) is 84.9 Å². The maximum Gasteiger partial charge on any atom is 0.128 e. The van der Waals surface area contributed by atoms with Crippen LogP contribution in [0.15, 0.2) is 121 Å². The van der Waals surface area contributed by atoms with Gasteiger partial charge in [0.25, 0.3) is 0 Å². The molecule has 5 heterocycles. The van der Waals surface area contributed by atoms with Gasteiger partial charge in [-0.25, -0.2) is 0 Å². The van der Waals surface area contributed by atoms with Crippen LogP contribution in [0, 0.1) is 13.8 Å². The van der Waals surface area contributed by atoms with Gasteiger partial charge in [0.2, 0.25) is 0 Å². The van der Waals surface area contributed by atoms with Crippen LogP contribution in [0.3, 0.4) is 0 Å². The average molecular weight is 775 g/mol. The van der Waals surface area contributed by atoms with E-state index >= 15 is 0 Å². The highest BCUT2D eigenvalue weighted by Gasteiger charge is 2.29. The molecule has 0 N–H and O–H groups in total. The number of halogens is 1. The Morgan fingerprint density at radius 3 is 1.74 bits per heavy atom. The maximum absolute atomic E-state index is 6.09. The minimum atomic E-state index is 0.350. The highest BCUT2D eigenvalue weighted by molar-refractivity contribution is 6.30. The second-order valence-electron chi connectivity index (χ2n) is 15.2. The number of pyridine rings is 2. The van der Waals surface area contributed by atoms with Crippen LogP contribution in [0.1, 0.15) is 40.9 Å². The lowest BCUT2D eigenvalue weighted by molar-refractivity contribution is 0.116. The first-order chi connectivity index (χ1) is 27.9. The number of aromatic nitrogens is 2. The summed E-state index contributed by atoms with van der Waals surface area (Å²) in [6.07, 6.45) is 5.77. The van der Waals surface area contributed by atoms with Crippen LogP contribution in [-0.4, -0.2) is 48.9 Å². The van der Waals surface area contributed by atoms with Crippen molar-refractivity contribution in [2.24, 2.45) is 0 Å². The second kappa shape index (κ2) is 16.5. The Labute approximate surface area is 339 Å². The van der Waals surface area contributed by atoms with E-state index in [4.69, 9.17) is 35.8 Å². The van der Waals surface area contributed by atoms with Crippen molar-refractivity contribution in [1.29, 1.82) is 0 Å². The minimum Gasteiger partial charge on any atom is -0.457 e. The molecule has 3 aliphatic rings. The largest absolute Gasteiger partial charge is 0.457 e. The number of para-hydroxylation sites is 2. The molecule has 0 spiro atoms. The van der Waals surface area contributed by atoms with E-state index in [9.17, 15) is 0 Å². The van der Waals surface area contributed by atoms with Crippen molar-refractivity contribution in [2.75, 3.05) is 42.6 Å². The summed E-state index contributed by atoms with van der Waals surface area (Å²) in [7, 11) is 0. The monoisotopic (exact) mass is 774 g/mol. The lowest BCUT2D eigenvalue weighted by Gasteiger charge is -2.24. The number of fused-ring (bicyclic) bond motifs is 6. The fourth-order valence-electron chi connectivity index (χ4n) is 8.54. The topological polar surface area (TPSA) is 60.0 Å². The van der Waals surface area contributed by atoms with Gasteiger partial charge in [0.05, 0.1) is 28.5 Å². The van der Waals surface area contributed by atoms with Gasteiger partial charge in [-0.3, -0.25) is 9.97 Å². The van der Waals surface area contributed by atoms with E-state index in [-0.39, 0.29) is 0 Å². The van der Waals surface area contributed by atoms with E-state index in [0.717, 1.165) is 114 Å². The fourth-order valence-corrected chi connectivity index (χ4v) is 8.66. The molecule has 0 saturated carbocycles. The number of aryl methyl sites for hydroxylation is 2. The van der Waals surface area contributed by atoms with Gasteiger partial charge >= 0.3 is 0 Å². The SMILES string of the molecule is Cc1nc2ccc(Oc3ccccc3)cc2c2c1CCN2CC1CCCO1.Cc1nc2ccc(Oc3ccccc3)cc2c2c1CCN2CCc1ccc(Cl)cc1. The van der Waals surface area contributed by atoms with Crippen molar-refractivity contribution in [3.05, 3.63) is 154 Å². The van der Waals surface area contributed by atoms with Crippen molar-refractivity contribution in [3.8, 4) is 23.0 Å². The molecule has 57 heavy (non-hydrogen) atoms. The van der Waals surface area contributed by atoms with Gasteiger partial charge in [-0.1, -0.05) is 60.1 Å². The molecule has 7 nitrogen and oxygen atoms in total. The molecule has 3 aliphatic heterocycles. The fraction of sp³-hybridized carbons (Fsp3) is 0.265. The summed E-state index contributed by atoms with van der Waals surface area (Å²) in [5.41, 5.74) is 11.0. The van der Waals surface area contributed by atoms with Crippen molar-refractivity contribution in [2.45, 2.75) is 52.1 Å². The minimum absolute atomic E-state index is 0.350. The Morgan fingerprint density at radius 1 is 0.649 bits per heavy atom. The Bertz CT molecular complexity index is 2510. The van der Waals surface area contributed by atoms with Gasteiger partial charge in [-0.15, -0.1) is 0 Å². The Morgan fingerprint density at radius 2 is 1.19 bits per heavy atom. The summed E-state index contributed by atoms with van der Waals surface area (Å²) in [6, 6.07) is 40.4. The van der Waals surface area contributed by atoms with Crippen LogP contribution in [0.4, 0.5) is 11.4 Å². The molecule has 0 aliphatic carbocycles. The maximum atomic E-state index is 6.09. The number of anilines is 2. The number of rotatable bonds is 9. The van der Waals surface area contributed by atoms with E-state index < -0.39 is 0 Å². The molecular weight excluding hydrogens is 728 g/mol. The third-order valence-electron chi connectivity index (χ3n) is 11.4. The van der Waals surface area contributed by atoms with E-state index in [2.05, 4.69) is 60.0 Å². The van der Waals surface area contributed by atoms with Crippen molar-refractivity contribution < 1.29 is 14.2 Å². The molecule has 0 radical (unpaired) electrons. The Kier molecular flexibility index (Phi) is 10.7. The van der Waals surface area contributed by atoms with Gasteiger partial charge in [0.1, 0.15) is 23.0 Å². The summed E-state index contributed by atoms with van der Waals surface area (Å²) in [6.45, 7) is 9.15. The molecule has 10 rings (SSSR count). The van der Waals surface area contributed by atoms with E-state index in [0.29, 0.717) is 6.10 Å². The average Bonchev–Trinajstić information content (AvgIpc) is 4.01. The molecule has 7 aromatic rings. The molecule has 2 aromatic heterocycles. The zero-order valence-electron chi connectivity index (χ0n) is 32.6. The molecule has 0 bridgehead atoms. The van der Waals surface area contributed by atoms with Crippen LogP contribution in [0.25, 0.3) is 21.8 Å². The van der Waals surface area contributed by atoms with Crippen molar-refractivity contribution in [3.63, 3.8) is 0 Å². The lowest BCUT2D eigenvalue weighted by Crippen LogP contribution is -2.30. The molecular formula is C49H47ClN4O3. The molecule has 1 atom stereocenters. The summed E-state index contributed by atoms with van der Waals surface area (Å²) < 4.78 is 18.1. The molecule has 8 heteroatoms. The van der Waals surface area contributed by atoms with E-state index in [1.54, 1.807) is 0 Å². The summed E-state index contributed by atoms with van der Waals surface area (Å²) in [4.78, 5) is 14.7. The normalized spacial score (nSPS) is 15.7. The number of hydrogen-bond donors (Lipinski definition) is 0. The third kappa shape index (κ3) is 8.13. The number of hydrogen-bond acceptors (Lipinski definition) is 7. The third-order valence-corrected chi connectivity index (χ3v) is 11.6. The highest BCUT2D eigenvalue weighted by atomic mass is 35.5. The predicted octanol–water partition coefficient (Wildman–Crippen LogP) is 11.5. The number of ether oxygens (including phenoxy) is 3. The van der Waals surface area contributed by atoms with Gasteiger partial charge in [0, 0.05) is 60.0 Å². The predicted molar refractivity (Wildman–Crippen MR) is 232 cm³/mol.